The molecule has 0 aromatic heterocycles. The normalized spacial score (nSPS) is 18.9. The minimum Gasteiger partial charge on any atom is -0.507 e. The lowest BCUT2D eigenvalue weighted by Gasteiger charge is -2.33. The van der Waals surface area contributed by atoms with E-state index in [1.54, 1.807) is 0 Å². The minimum atomic E-state index is -4.55. The summed E-state index contributed by atoms with van der Waals surface area (Å²) in [5, 5.41) is 53.7. The zero-order chi connectivity index (χ0) is 27.3. The van der Waals surface area contributed by atoms with Gasteiger partial charge in [-0.3, -0.25) is 15.2 Å². The van der Waals surface area contributed by atoms with Crippen molar-refractivity contribution in [2.45, 2.75) is 18.4 Å². The van der Waals surface area contributed by atoms with Gasteiger partial charge in [-0.05, 0) is 35.9 Å². The third-order valence-corrected chi connectivity index (χ3v) is 6.09. The van der Waals surface area contributed by atoms with Crippen LogP contribution in [-0.4, -0.2) is 37.4 Å². The Morgan fingerprint density at radius 3 is 2.05 bits per heavy atom. The van der Waals surface area contributed by atoms with Gasteiger partial charge in [-0.15, -0.1) is 0 Å². The molecule has 1 atom stereocenters. The molecule has 1 heterocycles. The Labute approximate surface area is 216 Å². The van der Waals surface area contributed by atoms with Gasteiger partial charge in [0.05, 0.1) is 33.4 Å². The summed E-state index contributed by atoms with van der Waals surface area (Å²) in [6.45, 7) is -0.314. The topological polar surface area (TPSA) is 146 Å². The highest BCUT2D eigenvalue weighted by atomic mass is 35.5. The molecule has 2 amide bonds. The number of carbonyl (C=O) groups excluding carboxylic acids is 1. The number of aliphatic hydroxyl groups is 1. The number of phenols is 4. The maximum absolute atomic E-state index is 13.0. The summed E-state index contributed by atoms with van der Waals surface area (Å²) in [6.07, 6.45) is -4.55. The number of nitrogens with one attached hydrogen (secondary N) is 1. The van der Waals surface area contributed by atoms with E-state index < -0.39 is 57.9 Å². The Kier molecular flexibility index (Phi) is 6.52. The molecule has 1 fully saturated rings. The molecule has 14 heteroatoms. The first kappa shape index (κ1) is 26.2. The fraction of sp³-hybridized carbons (Fsp3) is 0.130. The Morgan fingerprint density at radius 2 is 1.49 bits per heavy atom. The van der Waals surface area contributed by atoms with Gasteiger partial charge in [0.1, 0.15) is 5.75 Å². The molecule has 4 rings (SSSR count). The highest BCUT2D eigenvalue weighted by molar-refractivity contribution is 6.37. The molecule has 0 spiro atoms. The van der Waals surface area contributed by atoms with E-state index in [2.05, 4.69) is 10.3 Å². The second-order valence-corrected chi connectivity index (χ2v) is 8.73. The second-order valence-electron chi connectivity index (χ2n) is 7.91. The molecular weight excluding hydrogens is 542 g/mol. The van der Waals surface area contributed by atoms with Gasteiger partial charge >= 0.3 is 12.2 Å². The van der Waals surface area contributed by atoms with E-state index in [1.807, 2.05) is 0 Å². The maximum Gasteiger partial charge on any atom is 0.416 e. The number of benzene rings is 3. The first-order chi connectivity index (χ1) is 17.2. The zero-order valence-electron chi connectivity index (χ0n) is 18.3. The number of aromatic hydroxyl groups is 4. The Bertz CT molecular complexity index is 1410. The van der Waals surface area contributed by atoms with Crippen LogP contribution in [0.25, 0.3) is 0 Å². The first-order valence-electron chi connectivity index (χ1n) is 10.2. The molecule has 3 aromatic rings. The van der Waals surface area contributed by atoms with Crippen molar-refractivity contribution in [2.75, 3.05) is 4.90 Å². The van der Waals surface area contributed by atoms with Gasteiger partial charge in [-0.25, -0.2) is 4.79 Å². The largest absolute Gasteiger partial charge is 0.507 e. The fourth-order valence-corrected chi connectivity index (χ4v) is 4.17. The van der Waals surface area contributed by atoms with E-state index in [4.69, 9.17) is 23.2 Å². The molecule has 1 aliphatic rings. The molecule has 1 saturated heterocycles. The predicted molar refractivity (Wildman–Crippen MR) is 127 cm³/mol. The molecule has 37 heavy (non-hydrogen) atoms. The summed E-state index contributed by atoms with van der Waals surface area (Å²) in [5.41, 5.74) is -3.94. The van der Waals surface area contributed by atoms with Crippen LogP contribution >= 0.6 is 23.2 Å². The number of rotatable bonds is 4. The minimum absolute atomic E-state index is 0.167. The number of nitrogens with zero attached hydrogens (tertiary/aromatic N) is 2. The van der Waals surface area contributed by atoms with Crippen molar-refractivity contribution < 1.29 is 43.5 Å². The Morgan fingerprint density at radius 1 is 0.919 bits per heavy atom. The van der Waals surface area contributed by atoms with Crippen LogP contribution in [0.1, 0.15) is 16.7 Å². The molecule has 0 aliphatic carbocycles. The molecule has 0 saturated carbocycles. The van der Waals surface area contributed by atoms with Gasteiger partial charge in [-0.1, -0.05) is 35.3 Å². The van der Waals surface area contributed by atoms with Gasteiger partial charge in [0.25, 0.3) is 0 Å². The molecule has 3 aromatic carbocycles. The van der Waals surface area contributed by atoms with Gasteiger partial charge in [0.2, 0.25) is 5.72 Å². The molecule has 0 radical (unpaired) electrons. The van der Waals surface area contributed by atoms with Crippen molar-refractivity contribution in [3.05, 3.63) is 75.3 Å². The summed E-state index contributed by atoms with van der Waals surface area (Å²) in [5.74, 6) is -3.23. The van der Waals surface area contributed by atoms with Crippen molar-refractivity contribution in [3.63, 3.8) is 0 Å². The van der Waals surface area contributed by atoms with Crippen molar-refractivity contribution in [1.82, 2.24) is 5.32 Å². The van der Waals surface area contributed by atoms with Gasteiger partial charge in [0.15, 0.2) is 23.1 Å². The maximum atomic E-state index is 13.0. The lowest BCUT2D eigenvalue weighted by molar-refractivity contribution is -0.137. The number of amides is 2. The van der Waals surface area contributed by atoms with Crippen molar-refractivity contribution in [1.29, 1.82) is 0 Å². The third kappa shape index (κ3) is 4.66. The number of phenolic OH excluding ortho intramolecular Hbond substituents is 4. The summed E-state index contributed by atoms with van der Waals surface area (Å²) < 4.78 is 38.6. The summed E-state index contributed by atoms with van der Waals surface area (Å²) in [7, 11) is 0. The lowest BCUT2D eigenvalue weighted by Crippen LogP contribution is -2.47. The average Bonchev–Trinajstić information content (AvgIpc) is 3.07. The van der Waals surface area contributed by atoms with Crippen LogP contribution in [0.2, 0.25) is 10.0 Å². The number of urea groups is 1. The van der Waals surface area contributed by atoms with Crippen molar-refractivity contribution in [2.24, 2.45) is 4.99 Å². The van der Waals surface area contributed by atoms with Gasteiger partial charge in [0, 0.05) is 6.07 Å². The van der Waals surface area contributed by atoms with E-state index in [-0.39, 0.29) is 27.8 Å². The number of hydrogen-bond acceptors (Lipinski definition) is 7. The van der Waals surface area contributed by atoms with E-state index in [1.165, 1.54) is 0 Å². The molecule has 194 valence electrons. The van der Waals surface area contributed by atoms with E-state index in [0.29, 0.717) is 11.0 Å². The Hall–Kier alpha value is -3.87. The summed E-state index contributed by atoms with van der Waals surface area (Å²) >= 11 is 12.0. The highest BCUT2D eigenvalue weighted by Gasteiger charge is 2.54. The average molecular weight is 558 g/mol. The van der Waals surface area contributed by atoms with Crippen LogP contribution in [-0.2, 0) is 18.4 Å². The molecule has 6 N–H and O–H groups in total. The SMILES string of the molecule is O=C1NC(=NCc2ccc(C(F)(F)F)cc2)C(O)(c2cc(O)c(O)cc2O)N1c1cc(Cl)c(O)c(Cl)c1. The number of anilines is 1. The summed E-state index contributed by atoms with van der Waals surface area (Å²) in [4.78, 5) is 17.8. The quantitative estimate of drug-likeness (QED) is 0.200. The summed E-state index contributed by atoms with van der Waals surface area (Å²) in [6, 6.07) is 6.67. The van der Waals surface area contributed by atoms with E-state index in [0.717, 1.165) is 42.5 Å². The number of alkyl halides is 3. The van der Waals surface area contributed by atoms with E-state index in [9.17, 15) is 43.5 Å². The second kappa shape index (κ2) is 9.21. The molecule has 0 bridgehead atoms. The van der Waals surface area contributed by atoms with Crippen LogP contribution in [0.15, 0.2) is 53.5 Å². The Balaban J connectivity index is 1.85. The number of amidine groups is 1. The number of hydrogen-bond donors (Lipinski definition) is 6. The van der Waals surface area contributed by atoms with Crippen molar-refractivity contribution >= 4 is 40.8 Å². The molecule has 9 nitrogen and oxygen atoms in total. The smallest absolute Gasteiger partial charge is 0.416 e. The van der Waals surface area contributed by atoms with Gasteiger partial charge in [-0.2, -0.15) is 13.2 Å². The van der Waals surface area contributed by atoms with Crippen LogP contribution in [0.4, 0.5) is 23.7 Å². The van der Waals surface area contributed by atoms with Crippen LogP contribution in [0, 0.1) is 0 Å². The molecule has 1 aliphatic heterocycles. The van der Waals surface area contributed by atoms with Gasteiger partial charge < -0.3 is 25.5 Å². The standard InChI is InChI=1S/C23H16Cl2F3N3O6/c24-14-5-12(6-15(25)19(14)35)31-21(36)30-20(22(31,37)13-7-17(33)18(34)8-16(13)32)29-9-10-1-3-11(4-2-10)23(26,27)28/h1-8,32-35,37H,9H2,(H,29,30,36). The number of carbonyl (C=O) groups is 1. The fourth-order valence-electron chi connectivity index (χ4n) is 3.69. The van der Waals surface area contributed by atoms with Crippen LogP contribution in [0.3, 0.4) is 0 Å². The first-order valence-corrected chi connectivity index (χ1v) is 11.0. The zero-order valence-corrected chi connectivity index (χ0v) is 19.8. The highest BCUT2D eigenvalue weighted by Crippen LogP contribution is 2.46. The van der Waals surface area contributed by atoms with E-state index >= 15 is 0 Å². The molecular formula is C23H16Cl2F3N3O6. The monoisotopic (exact) mass is 557 g/mol. The predicted octanol–water partition coefficient (Wildman–Crippen LogP) is 4.81. The number of aliphatic imine (C=N–C) groups is 1. The molecule has 1 unspecified atom stereocenters. The third-order valence-electron chi connectivity index (χ3n) is 5.51. The van der Waals surface area contributed by atoms with Crippen LogP contribution < -0.4 is 10.2 Å². The van der Waals surface area contributed by atoms with Crippen molar-refractivity contribution in [3.8, 4) is 23.0 Å². The lowest BCUT2D eigenvalue weighted by atomic mass is 9.98. The number of halogens is 5. The van der Waals surface area contributed by atoms with Crippen LogP contribution in [0.5, 0.6) is 23.0 Å².